The van der Waals surface area contributed by atoms with Crippen molar-refractivity contribution in [3.05, 3.63) is 96.0 Å². The average Bonchev–Trinajstić information content (AvgIpc) is 3.68. The van der Waals surface area contributed by atoms with Gasteiger partial charge in [-0.1, -0.05) is 50.6 Å². The lowest BCUT2D eigenvalue weighted by atomic mass is 9.80. The molecule has 0 amide bonds. The number of fused-ring (bicyclic) bond motifs is 3. The summed E-state index contributed by atoms with van der Waals surface area (Å²) in [4.78, 5) is 23.2. The third-order valence-corrected chi connectivity index (χ3v) is 10.6. The van der Waals surface area contributed by atoms with Crippen molar-refractivity contribution < 1.29 is 31.9 Å². The van der Waals surface area contributed by atoms with E-state index in [-0.39, 0.29) is 17.6 Å². The summed E-state index contributed by atoms with van der Waals surface area (Å²) in [5.74, 6) is 1.46. The van der Waals surface area contributed by atoms with Gasteiger partial charge in [-0.3, -0.25) is 9.35 Å². The number of aliphatic imine (C=N–C) groups is 2. The van der Waals surface area contributed by atoms with E-state index in [1.807, 2.05) is 54.9 Å². The minimum atomic E-state index is -4.03. The summed E-state index contributed by atoms with van der Waals surface area (Å²) < 4.78 is 40.3. The first kappa shape index (κ1) is 35.2. The van der Waals surface area contributed by atoms with Crippen LogP contribution < -0.4 is 4.57 Å². The highest BCUT2D eigenvalue weighted by Crippen LogP contribution is 2.45. The molecular formula is C39H45N4O6S+. The third kappa shape index (κ3) is 7.44. The Morgan fingerprint density at radius 2 is 1.82 bits per heavy atom. The van der Waals surface area contributed by atoms with Crippen molar-refractivity contribution in [3.63, 3.8) is 0 Å². The second-order valence-corrected chi connectivity index (χ2v) is 15.8. The predicted octanol–water partition coefficient (Wildman–Crippen LogP) is 7.70. The molecule has 10 nitrogen and oxygen atoms in total. The van der Waals surface area contributed by atoms with Crippen LogP contribution in [-0.4, -0.2) is 52.8 Å². The van der Waals surface area contributed by atoms with E-state index in [0.717, 1.165) is 75.9 Å². The largest absolute Gasteiger partial charge is 0.481 e. The quantitative estimate of drug-likeness (QED) is 0.100. The van der Waals surface area contributed by atoms with Crippen molar-refractivity contribution >= 4 is 44.4 Å². The maximum atomic E-state index is 11.4. The molecule has 11 heteroatoms. The lowest BCUT2D eigenvalue weighted by Crippen LogP contribution is -2.35. The van der Waals surface area contributed by atoms with Gasteiger partial charge < -0.3 is 14.4 Å². The van der Waals surface area contributed by atoms with Crippen molar-refractivity contribution in [1.29, 1.82) is 0 Å². The molecule has 262 valence electrons. The molecule has 0 unspecified atom stereocenters. The van der Waals surface area contributed by atoms with Crippen molar-refractivity contribution in [2.24, 2.45) is 15.4 Å². The summed E-state index contributed by atoms with van der Waals surface area (Å²) in [5.41, 5.74) is 5.02. The van der Waals surface area contributed by atoms with Gasteiger partial charge in [-0.25, -0.2) is 9.56 Å². The van der Waals surface area contributed by atoms with E-state index in [1.165, 1.54) is 0 Å². The Kier molecular flexibility index (Phi) is 9.83. The molecule has 6 rings (SSSR count). The molecule has 0 aliphatic carbocycles. The molecular weight excluding hydrogens is 653 g/mol. The fourth-order valence-electron chi connectivity index (χ4n) is 6.80. The first-order chi connectivity index (χ1) is 23.7. The van der Waals surface area contributed by atoms with E-state index < -0.39 is 21.5 Å². The predicted molar refractivity (Wildman–Crippen MR) is 196 cm³/mol. The van der Waals surface area contributed by atoms with Crippen LogP contribution >= 0.6 is 0 Å². The van der Waals surface area contributed by atoms with Crippen molar-refractivity contribution in [2.45, 2.75) is 78.2 Å². The number of allylic oxidation sites excluding steroid dienone is 6. The summed E-state index contributed by atoms with van der Waals surface area (Å²) in [6.07, 6.45) is 17.8. The number of furan rings is 1. The summed E-state index contributed by atoms with van der Waals surface area (Å²) in [6.45, 7) is 9.96. The highest BCUT2D eigenvalue weighted by molar-refractivity contribution is 7.85. The number of benzene rings is 1. The number of carbonyl (C=O) groups is 1. The molecule has 50 heavy (non-hydrogen) atoms. The average molecular weight is 698 g/mol. The zero-order chi connectivity index (χ0) is 35.7. The van der Waals surface area contributed by atoms with Crippen LogP contribution in [0.3, 0.4) is 0 Å². The van der Waals surface area contributed by atoms with Gasteiger partial charge in [0, 0.05) is 35.5 Å². The van der Waals surface area contributed by atoms with Gasteiger partial charge in [0.25, 0.3) is 10.1 Å². The Labute approximate surface area is 293 Å². The molecule has 0 bridgehead atoms. The van der Waals surface area contributed by atoms with Crippen LogP contribution in [0.25, 0.3) is 22.3 Å². The Balaban J connectivity index is 1.26. The molecule has 2 aromatic heterocycles. The van der Waals surface area contributed by atoms with E-state index >= 15 is 0 Å². The first-order valence-corrected chi connectivity index (χ1v) is 18.8. The molecule has 0 atom stereocenters. The number of rotatable bonds is 14. The number of pyridine rings is 1. The number of nitrogens with zero attached hydrogens (tertiary/aromatic N) is 4. The molecule has 1 aromatic carbocycles. The van der Waals surface area contributed by atoms with Gasteiger partial charge in [-0.05, 0) is 81.0 Å². The summed E-state index contributed by atoms with van der Waals surface area (Å²) in [7, 11) is -4.03. The minimum Gasteiger partial charge on any atom is -0.481 e. The van der Waals surface area contributed by atoms with Gasteiger partial charge >= 0.3 is 11.8 Å². The van der Waals surface area contributed by atoms with Crippen molar-refractivity contribution in [2.75, 3.05) is 12.3 Å². The Bertz CT molecular complexity index is 2080. The molecule has 3 aliphatic rings. The Morgan fingerprint density at radius 1 is 1.02 bits per heavy atom. The van der Waals surface area contributed by atoms with Gasteiger partial charge in [-0.2, -0.15) is 8.42 Å². The minimum absolute atomic E-state index is 0.195. The summed E-state index contributed by atoms with van der Waals surface area (Å²) >= 11 is 0. The number of aliphatic carboxylic acids is 1. The molecule has 3 aromatic rings. The van der Waals surface area contributed by atoms with E-state index in [4.69, 9.17) is 19.5 Å². The van der Waals surface area contributed by atoms with E-state index in [2.05, 4.69) is 61.5 Å². The standard InChI is InChI=1S/C39H44N4O6S/c1-38(2)29-15-13-22-42(20-9-5-6-19-35(44)45)36(29)40-33(38)17-12-18-34-39(3,4)30-24-28(32-25-27-14-7-8-16-31(27)49-32)26-43(37(30)41-34)21-10-11-23-50(46,47)48/h7-8,12-18,22,24-26H,5-6,9-11,19-21,23H2,1-4H3,(H-,44,45,46,47,48)/p+1. The fraction of sp³-hybridized carbons (Fsp3) is 0.385. The Morgan fingerprint density at radius 3 is 2.58 bits per heavy atom. The number of amidine groups is 1. The zero-order valence-electron chi connectivity index (χ0n) is 29.1. The highest BCUT2D eigenvalue weighted by Gasteiger charge is 2.43. The maximum Gasteiger partial charge on any atom is 0.327 e. The third-order valence-electron chi connectivity index (χ3n) is 9.79. The van der Waals surface area contributed by atoms with E-state index in [9.17, 15) is 17.8 Å². The number of carboxylic acids is 1. The lowest BCUT2D eigenvalue weighted by Gasteiger charge is -2.28. The fourth-order valence-corrected chi connectivity index (χ4v) is 7.37. The van der Waals surface area contributed by atoms with Gasteiger partial charge in [0.1, 0.15) is 23.4 Å². The first-order valence-electron chi connectivity index (χ1n) is 17.2. The monoisotopic (exact) mass is 697 g/mol. The number of hydrogen-bond acceptors (Lipinski definition) is 7. The van der Waals surface area contributed by atoms with Crippen LogP contribution in [0.4, 0.5) is 5.82 Å². The molecule has 5 heterocycles. The van der Waals surface area contributed by atoms with E-state index in [1.54, 1.807) is 0 Å². The molecule has 0 radical (unpaired) electrons. The van der Waals surface area contributed by atoms with Crippen LogP contribution in [0.5, 0.6) is 0 Å². The lowest BCUT2D eigenvalue weighted by molar-refractivity contribution is -0.684. The smallest absolute Gasteiger partial charge is 0.327 e. The number of para-hydroxylation sites is 1. The van der Waals surface area contributed by atoms with Crippen LogP contribution in [0.1, 0.15) is 71.8 Å². The second-order valence-electron chi connectivity index (χ2n) is 14.2. The Hall–Kier alpha value is -4.61. The van der Waals surface area contributed by atoms with Gasteiger partial charge in [0.05, 0.1) is 34.5 Å². The van der Waals surface area contributed by atoms with Gasteiger partial charge in [-0.15, -0.1) is 0 Å². The molecule has 2 N–H and O–H groups in total. The SMILES string of the molecule is CC1(C)C2=CC=CN(CCCCCC(=O)O)C2=N/C1=C\C=C\C1=Nc2c(cc(-c3cc4ccccc4o3)c[n+]2CCCCS(=O)(=O)O)C1(C)C. The number of aryl methyl sites for hydroxylation is 1. The van der Waals surface area contributed by atoms with Gasteiger partial charge in [0.2, 0.25) is 0 Å². The number of aromatic nitrogens is 1. The summed E-state index contributed by atoms with van der Waals surface area (Å²) in [6, 6.07) is 12.1. The van der Waals surface area contributed by atoms with Crippen LogP contribution in [-0.2, 0) is 26.9 Å². The number of carboxylic acid groups (broad SMARTS) is 1. The van der Waals surface area contributed by atoms with Crippen molar-refractivity contribution in [1.82, 2.24) is 4.90 Å². The van der Waals surface area contributed by atoms with Gasteiger partial charge in [0.15, 0.2) is 5.71 Å². The number of unbranched alkanes of at least 4 members (excludes halogenated alkanes) is 3. The highest BCUT2D eigenvalue weighted by atomic mass is 32.2. The van der Waals surface area contributed by atoms with Crippen LogP contribution in [0.2, 0.25) is 0 Å². The maximum absolute atomic E-state index is 11.4. The topological polar surface area (TPSA) is 137 Å². The molecule has 3 aliphatic heterocycles. The molecule has 0 spiro atoms. The molecule has 0 fully saturated rings. The molecule has 0 saturated heterocycles. The zero-order valence-corrected chi connectivity index (χ0v) is 29.9. The van der Waals surface area contributed by atoms with Crippen molar-refractivity contribution in [3.8, 4) is 11.3 Å². The molecule has 0 saturated carbocycles. The summed E-state index contributed by atoms with van der Waals surface area (Å²) in [5, 5.41) is 9.95. The van der Waals surface area contributed by atoms with E-state index in [0.29, 0.717) is 25.8 Å². The number of hydrogen-bond donors (Lipinski definition) is 2. The van der Waals surface area contributed by atoms with Crippen LogP contribution in [0.15, 0.2) is 105 Å². The second kappa shape index (κ2) is 14.0. The van der Waals surface area contributed by atoms with Crippen LogP contribution in [0, 0.1) is 5.41 Å². The normalized spacial score (nSPS) is 18.5.